The molecule has 0 N–H and O–H groups in total. The van der Waals surface area contributed by atoms with Crippen molar-refractivity contribution >= 4 is 27.5 Å². The lowest BCUT2D eigenvalue weighted by Gasteiger charge is -2.16. The summed E-state index contributed by atoms with van der Waals surface area (Å²) in [5.41, 5.74) is 1.58. The lowest BCUT2D eigenvalue weighted by molar-refractivity contribution is 0.321. The van der Waals surface area contributed by atoms with E-state index in [-0.39, 0.29) is 0 Å². The molecule has 0 saturated heterocycles. The monoisotopic (exact) mass is 239 g/mol. The van der Waals surface area contributed by atoms with Crippen molar-refractivity contribution in [2.45, 2.75) is 13.3 Å². The zero-order valence-electron chi connectivity index (χ0n) is 6.89. The lowest BCUT2D eigenvalue weighted by Crippen LogP contribution is -2.24. The second-order valence-corrected chi connectivity index (χ2v) is 3.34. The third-order valence-electron chi connectivity index (χ3n) is 1.51. The van der Waals surface area contributed by atoms with E-state index < -0.39 is 0 Å². The van der Waals surface area contributed by atoms with Crippen LogP contribution in [0.2, 0.25) is 0 Å². The summed E-state index contributed by atoms with van der Waals surface area (Å²) < 4.78 is 0. The average Bonchev–Trinajstić information content (AvgIpc) is 2.05. The van der Waals surface area contributed by atoms with Crippen molar-refractivity contribution in [3.63, 3.8) is 0 Å². The van der Waals surface area contributed by atoms with Gasteiger partial charge in [0.15, 0.2) is 0 Å². The molecule has 0 aliphatic carbocycles. The zero-order chi connectivity index (χ0) is 8.53. The molecule has 0 bridgehead atoms. The predicted octanol–water partition coefficient (Wildman–Crippen LogP) is 2.85. The third kappa shape index (κ3) is 6.85. The van der Waals surface area contributed by atoms with E-state index in [2.05, 4.69) is 27.8 Å². The highest BCUT2D eigenvalue weighted by Crippen LogP contribution is 1.95. The smallest absolute Gasteiger partial charge is 0.0174 e. The van der Waals surface area contributed by atoms with Crippen LogP contribution >= 0.6 is 27.5 Å². The highest BCUT2D eigenvalue weighted by atomic mass is 79.9. The fourth-order valence-corrected chi connectivity index (χ4v) is 1.18. The molecule has 0 saturated carbocycles. The van der Waals surface area contributed by atoms with Gasteiger partial charge in [-0.15, -0.1) is 0 Å². The zero-order valence-corrected chi connectivity index (χ0v) is 9.24. The molecule has 0 amide bonds. The quantitative estimate of drug-likeness (QED) is 0.646. The molecule has 66 valence electrons. The number of alkyl halides is 1. The topological polar surface area (TPSA) is 3.24 Å². The molecule has 0 atom stereocenters. The normalized spacial score (nSPS) is 11.6. The number of rotatable bonds is 6. The molecule has 0 spiro atoms. The molecule has 0 rings (SSSR count). The van der Waals surface area contributed by atoms with Gasteiger partial charge in [-0.05, 0) is 19.5 Å². The van der Waals surface area contributed by atoms with Gasteiger partial charge in [-0.3, -0.25) is 4.90 Å². The standard InChI is InChI=1S/C8H15BrClN/c1-2-11(7-3-5-9)8-4-6-10/h4,6H,2-3,5,7-8H2,1H3/b6-4+. The van der Waals surface area contributed by atoms with Crippen LogP contribution in [0.25, 0.3) is 0 Å². The minimum absolute atomic E-state index is 0.965. The first-order chi connectivity index (χ1) is 5.35. The largest absolute Gasteiger partial charge is 0.300 e. The van der Waals surface area contributed by atoms with Gasteiger partial charge < -0.3 is 0 Å². The summed E-state index contributed by atoms with van der Waals surface area (Å²) in [7, 11) is 0. The molecule has 0 aromatic heterocycles. The van der Waals surface area contributed by atoms with E-state index in [1.54, 1.807) is 5.54 Å². The summed E-state index contributed by atoms with van der Waals surface area (Å²) in [6.45, 7) is 5.36. The second kappa shape index (κ2) is 8.57. The van der Waals surface area contributed by atoms with Crippen molar-refractivity contribution < 1.29 is 0 Å². The number of likely N-dealkylation sites (N-methyl/N-ethyl adjacent to an activating group) is 1. The Kier molecular flexibility index (Phi) is 8.93. The van der Waals surface area contributed by atoms with Crippen LogP contribution in [0.3, 0.4) is 0 Å². The van der Waals surface area contributed by atoms with Crippen LogP contribution in [0.5, 0.6) is 0 Å². The predicted molar refractivity (Wildman–Crippen MR) is 55.5 cm³/mol. The Morgan fingerprint density at radius 1 is 1.55 bits per heavy atom. The number of halogens is 2. The van der Waals surface area contributed by atoms with Gasteiger partial charge in [0.25, 0.3) is 0 Å². The summed E-state index contributed by atoms with van der Waals surface area (Å²) in [6.07, 6.45) is 3.17. The van der Waals surface area contributed by atoms with Gasteiger partial charge in [-0.2, -0.15) is 0 Å². The maximum Gasteiger partial charge on any atom is 0.0174 e. The SMILES string of the molecule is CCN(C/C=C/Cl)CCCBr. The Morgan fingerprint density at radius 3 is 2.73 bits per heavy atom. The highest BCUT2D eigenvalue weighted by molar-refractivity contribution is 9.09. The van der Waals surface area contributed by atoms with Gasteiger partial charge in [0.05, 0.1) is 0 Å². The van der Waals surface area contributed by atoms with E-state index >= 15 is 0 Å². The van der Waals surface area contributed by atoms with Gasteiger partial charge >= 0.3 is 0 Å². The fraction of sp³-hybridized carbons (Fsp3) is 0.750. The minimum atomic E-state index is 0.965. The van der Waals surface area contributed by atoms with Gasteiger partial charge in [0.2, 0.25) is 0 Å². The van der Waals surface area contributed by atoms with Crippen molar-refractivity contribution in [2.75, 3.05) is 25.0 Å². The number of nitrogens with zero attached hydrogens (tertiary/aromatic N) is 1. The molecule has 0 aliphatic rings. The summed E-state index contributed by atoms with van der Waals surface area (Å²) in [4.78, 5) is 2.35. The third-order valence-corrected chi connectivity index (χ3v) is 2.25. The summed E-state index contributed by atoms with van der Waals surface area (Å²) in [6, 6.07) is 0. The van der Waals surface area contributed by atoms with Crippen LogP contribution in [0.15, 0.2) is 11.6 Å². The van der Waals surface area contributed by atoms with Crippen LogP contribution in [0.1, 0.15) is 13.3 Å². The van der Waals surface area contributed by atoms with Crippen molar-refractivity contribution in [3.8, 4) is 0 Å². The molecule has 0 aromatic carbocycles. The molecule has 0 aromatic rings. The van der Waals surface area contributed by atoms with Crippen molar-refractivity contribution in [3.05, 3.63) is 11.6 Å². The van der Waals surface area contributed by atoms with Crippen LogP contribution in [-0.4, -0.2) is 29.9 Å². The van der Waals surface area contributed by atoms with Crippen LogP contribution in [0.4, 0.5) is 0 Å². The first kappa shape index (κ1) is 11.5. The number of hydrogen-bond donors (Lipinski definition) is 0. The molecule has 0 heterocycles. The number of hydrogen-bond acceptors (Lipinski definition) is 1. The average molecular weight is 241 g/mol. The van der Waals surface area contributed by atoms with Crippen molar-refractivity contribution in [1.82, 2.24) is 4.90 Å². The minimum Gasteiger partial charge on any atom is -0.300 e. The molecule has 0 fully saturated rings. The fourth-order valence-electron chi connectivity index (χ4n) is 0.851. The van der Waals surface area contributed by atoms with E-state index in [0.29, 0.717) is 0 Å². The Hall–Kier alpha value is 0.470. The highest BCUT2D eigenvalue weighted by Gasteiger charge is 1.97. The van der Waals surface area contributed by atoms with E-state index in [1.165, 1.54) is 6.42 Å². The van der Waals surface area contributed by atoms with E-state index in [9.17, 15) is 0 Å². The summed E-state index contributed by atoms with van der Waals surface area (Å²) in [5.74, 6) is 0. The van der Waals surface area contributed by atoms with Gasteiger partial charge in [0.1, 0.15) is 0 Å². The summed E-state index contributed by atoms with van der Waals surface area (Å²) >= 11 is 8.82. The molecule has 11 heavy (non-hydrogen) atoms. The molecular weight excluding hydrogens is 225 g/mol. The maximum atomic E-state index is 5.42. The van der Waals surface area contributed by atoms with Crippen LogP contribution in [0, 0.1) is 0 Å². The van der Waals surface area contributed by atoms with Crippen molar-refractivity contribution in [2.24, 2.45) is 0 Å². The lowest BCUT2D eigenvalue weighted by atomic mass is 10.4. The van der Waals surface area contributed by atoms with Crippen LogP contribution in [-0.2, 0) is 0 Å². The first-order valence-corrected chi connectivity index (χ1v) is 5.44. The Bertz CT molecular complexity index is 106. The maximum absolute atomic E-state index is 5.42. The molecule has 1 nitrogen and oxygen atoms in total. The molecular formula is C8H15BrClN. The Balaban J connectivity index is 3.40. The molecule has 3 heteroatoms. The second-order valence-electron chi connectivity index (χ2n) is 2.30. The van der Waals surface area contributed by atoms with E-state index in [4.69, 9.17) is 11.6 Å². The Labute approximate surface area is 82.5 Å². The molecule has 0 aliphatic heterocycles. The van der Waals surface area contributed by atoms with E-state index in [0.717, 1.165) is 25.0 Å². The van der Waals surface area contributed by atoms with Crippen LogP contribution < -0.4 is 0 Å². The molecule has 0 radical (unpaired) electrons. The summed E-state index contributed by atoms with van der Waals surface area (Å²) in [5, 5.41) is 1.08. The molecule has 0 unspecified atom stereocenters. The van der Waals surface area contributed by atoms with Crippen molar-refractivity contribution in [1.29, 1.82) is 0 Å². The van der Waals surface area contributed by atoms with Gasteiger partial charge in [0, 0.05) is 17.4 Å². The van der Waals surface area contributed by atoms with E-state index in [1.807, 2.05) is 6.08 Å². The van der Waals surface area contributed by atoms with Gasteiger partial charge in [-0.1, -0.05) is 40.5 Å². The first-order valence-electron chi connectivity index (χ1n) is 3.88. The van der Waals surface area contributed by atoms with Gasteiger partial charge in [-0.25, -0.2) is 0 Å². The Morgan fingerprint density at radius 2 is 2.27 bits per heavy atom.